The molecule has 1 aromatic carbocycles. The highest BCUT2D eigenvalue weighted by Gasteiger charge is 2.39. The van der Waals surface area contributed by atoms with E-state index in [0.717, 1.165) is 43.0 Å². The molecule has 34 heavy (non-hydrogen) atoms. The summed E-state index contributed by atoms with van der Waals surface area (Å²) < 4.78 is 11.6. The second kappa shape index (κ2) is 9.47. The number of para-hydroxylation sites is 1. The van der Waals surface area contributed by atoms with Gasteiger partial charge < -0.3 is 24.8 Å². The summed E-state index contributed by atoms with van der Waals surface area (Å²) in [4.78, 5) is 19.7. The molecule has 3 aliphatic rings. The summed E-state index contributed by atoms with van der Waals surface area (Å²) >= 11 is 6.53. The lowest BCUT2D eigenvalue weighted by atomic mass is 9.80. The van der Waals surface area contributed by atoms with Crippen molar-refractivity contribution in [3.8, 4) is 0 Å². The summed E-state index contributed by atoms with van der Waals surface area (Å²) in [5.74, 6) is 2.48. The number of nitrogens with zero attached hydrogens (tertiary/aromatic N) is 3. The number of benzene rings is 1. The number of anilines is 1. The lowest BCUT2D eigenvalue weighted by Crippen LogP contribution is -2.47. The number of urea groups is 1. The molecule has 1 aromatic heterocycles. The van der Waals surface area contributed by atoms with Crippen molar-refractivity contribution in [2.24, 2.45) is 5.92 Å². The first-order chi connectivity index (χ1) is 16.3. The van der Waals surface area contributed by atoms with Crippen LogP contribution in [0.5, 0.6) is 0 Å². The number of nitrogens with one attached hydrogen (secondary N) is 2. The number of morpholine rings is 1. The normalized spacial score (nSPS) is 24.9. The summed E-state index contributed by atoms with van der Waals surface area (Å²) in [5, 5.41) is 11.4. The van der Waals surface area contributed by atoms with Crippen molar-refractivity contribution < 1.29 is 14.1 Å². The van der Waals surface area contributed by atoms with Crippen molar-refractivity contribution in [1.82, 2.24) is 20.4 Å². The Hall–Kier alpha value is -2.16. The summed E-state index contributed by atoms with van der Waals surface area (Å²) in [7, 11) is 0. The van der Waals surface area contributed by atoms with Crippen LogP contribution in [0.3, 0.4) is 0 Å². The Balaban J connectivity index is 1.23. The molecule has 1 saturated carbocycles. The van der Waals surface area contributed by atoms with E-state index in [2.05, 4.69) is 41.5 Å². The van der Waals surface area contributed by atoms with Gasteiger partial charge in [-0.1, -0.05) is 49.7 Å². The number of likely N-dealkylation sites (tertiary alicyclic amines) is 1. The summed E-state index contributed by atoms with van der Waals surface area (Å²) in [6.07, 6.45) is 3.68. The second-order valence-corrected chi connectivity index (χ2v) is 10.9. The molecule has 2 N–H and O–H groups in total. The second-order valence-electron chi connectivity index (χ2n) is 10.5. The SMILES string of the molecule is CC(C)[C@@H]1CO[C@H](c2cccc(Cl)c2NC(=O)N2CCC(C)(c3noc(C4CC4)n3)CC2)CN1. The van der Waals surface area contributed by atoms with E-state index in [1.54, 1.807) is 6.07 Å². The molecule has 0 unspecified atom stereocenters. The van der Waals surface area contributed by atoms with Crippen molar-refractivity contribution in [3.05, 3.63) is 40.5 Å². The molecule has 9 heteroatoms. The molecule has 0 bridgehead atoms. The Morgan fingerprint density at radius 2 is 2.06 bits per heavy atom. The minimum atomic E-state index is -0.183. The molecule has 8 nitrogen and oxygen atoms in total. The lowest BCUT2D eigenvalue weighted by molar-refractivity contribution is -0.00674. The minimum Gasteiger partial charge on any atom is -0.370 e. The zero-order chi connectivity index (χ0) is 23.9. The number of hydrogen-bond donors (Lipinski definition) is 2. The predicted molar refractivity (Wildman–Crippen MR) is 130 cm³/mol. The number of amides is 2. The molecule has 3 fully saturated rings. The average molecular weight is 488 g/mol. The van der Waals surface area contributed by atoms with Gasteiger partial charge in [0.25, 0.3) is 0 Å². The highest BCUT2D eigenvalue weighted by atomic mass is 35.5. The van der Waals surface area contributed by atoms with Crippen molar-refractivity contribution in [2.75, 3.05) is 31.6 Å². The quantitative estimate of drug-likeness (QED) is 0.625. The third-order valence-corrected chi connectivity index (χ3v) is 7.85. The van der Waals surface area contributed by atoms with Crippen LogP contribution in [0, 0.1) is 5.92 Å². The molecule has 2 aliphatic heterocycles. The first-order valence-corrected chi connectivity index (χ1v) is 12.8. The van der Waals surface area contributed by atoms with Gasteiger partial charge in [-0.05, 0) is 37.7 Å². The van der Waals surface area contributed by atoms with Crippen LogP contribution < -0.4 is 10.6 Å². The average Bonchev–Trinajstić information content (AvgIpc) is 3.56. The van der Waals surface area contributed by atoms with Gasteiger partial charge in [0.05, 0.1) is 23.4 Å². The van der Waals surface area contributed by atoms with Gasteiger partial charge in [0, 0.05) is 42.6 Å². The number of piperidine rings is 1. The van der Waals surface area contributed by atoms with E-state index in [-0.39, 0.29) is 17.6 Å². The Kier molecular flexibility index (Phi) is 6.57. The number of ether oxygens (including phenoxy) is 1. The highest BCUT2D eigenvalue weighted by Crippen LogP contribution is 2.41. The topological polar surface area (TPSA) is 92.5 Å². The zero-order valence-corrected chi connectivity index (χ0v) is 20.9. The van der Waals surface area contributed by atoms with E-state index in [9.17, 15) is 4.79 Å². The molecule has 0 spiro atoms. The van der Waals surface area contributed by atoms with Crippen LogP contribution in [0.1, 0.15) is 75.8 Å². The van der Waals surface area contributed by atoms with Crippen LogP contribution >= 0.6 is 11.6 Å². The third-order valence-electron chi connectivity index (χ3n) is 7.53. The molecular formula is C25H34ClN5O3. The number of halogens is 1. The summed E-state index contributed by atoms with van der Waals surface area (Å²) in [6, 6.07) is 5.86. The smallest absolute Gasteiger partial charge is 0.321 e. The van der Waals surface area contributed by atoms with Gasteiger partial charge in [-0.2, -0.15) is 4.98 Å². The van der Waals surface area contributed by atoms with Gasteiger partial charge in [-0.3, -0.25) is 0 Å². The van der Waals surface area contributed by atoms with Crippen LogP contribution in [0.25, 0.3) is 0 Å². The molecule has 2 aromatic rings. The first kappa shape index (κ1) is 23.6. The number of rotatable bonds is 5. The maximum Gasteiger partial charge on any atom is 0.321 e. The molecule has 3 heterocycles. The first-order valence-electron chi connectivity index (χ1n) is 12.4. The maximum absolute atomic E-state index is 13.2. The van der Waals surface area contributed by atoms with E-state index in [0.29, 0.717) is 54.8 Å². The van der Waals surface area contributed by atoms with Crippen molar-refractivity contribution in [2.45, 2.75) is 69.9 Å². The molecule has 5 rings (SSSR count). The number of hydrogen-bond acceptors (Lipinski definition) is 6. The minimum absolute atomic E-state index is 0.146. The van der Waals surface area contributed by atoms with Gasteiger partial charge in [0.1, 0.15) is 0 Å². The van der Waals surface area contributed by atoms with Crippen LogP contribution in [0.2, 0.25) is 5.02 Å². The third kappa shape index (κ3) is 4.81. The number of aromatic nitrogens is 2. The summed E-state index contributed by atoms with van der Waals surface area (Å²) in [5.41, 5.74) is 1.35. The van der Waals surface area contributed by atoms with Crippen LogP contribution in [0.15, 0.2) is 22.7 Å². The Labute approximate surface area is 205 Å². The number of carbonyl (C=O) groups is 1. The van der Waals surface area contributed by atoms with Gasteiger partial charge in [0.2, 0.25) is 5.89 Å². The lowest BCUT2D eigenvalue weighted by Gasteiger charge is -2.37. The van der Waals surface area contributed by atoms with E-state index in [4.69, 9.17) is 20.9 Å². The molecule has 2 amide bonds. The number of carbonyl (C=O) groups excluding carboxylic acids is 1. The molecular weight excluding hydrogens is 454 g/mol. The van der Waals surface area contributed by atoms with Gasteiger partial charge >= 0.3 is 6.03 Å². The van der Waals surface area contributed by atoms with Crippen LogP contribution in [0.4, 0.5) is 10.5 Å². The molecule has 1 aliphatic carbocycles. The van der Waals surface area contributed by atoms with E-state index < -0.39 is 0 Å². The van der Waals surface area contributed by atoms with Crippen molar-refractivity contribution >= 4 is 23.3 Å². The van der Waals surface area contributed by atoms with Crippen LogP contribution in [-0.4, -0.2) is 53.4 Å². The van der Waals surface area contributed by atoms with E-state index in [1.807, 2.05) is 17.0 Å². The fourth-order valence-electron chi connectivity index (χ4n) is 4.75. The van der Waals surface area contributed by atoms with Gasteiger partial charge in [-0.25, -0.2) is 4.79 Å². The fraction of sp³-hybridized carbons (Fsp3) is 0.640. The monoisotopic (exact) mass is 487 g/mol. The maximum atomic E-state index is 13.2. The fourth-order valence-corrected chi connectivity index (χ4v) is 4.98. The van der Waals surface area contributed by atoms with E-state index in [1.165, 1.54) is 0 Å². The van der Waals surface area contributed by atoms with Gasteiger partial charge in [0.15, 0.2) is 5.82 Å². The zero-order valence-electron chi connectivity index (χ0n) is 20.1. The molecule has 0 radical (unpaired) electrons. The molecule has 2 atom stereocenters. The van der Waals surface area contributed by atoms with Crippen LogP contribution in [-0.2, 0) is 10.2 Å². The van der Waals surface area contributed by atoms with E-state index >= 15 is 0 Å². The predicted octanol–water partition coefficient (Wildman–Crippen LogP) is 4.87. The Morgan fingerprint density at radius 1 is 1.29 bits per heavy atom. The molecule has 184 valence electrons. The van der Waals surface area contributed by atoms with Crippen molar-refractivity contribution in [3.63, 3.8) is 0 Å². The standard InChI is InChI=1S/C25H34ClN5O3/c1-15(2)19-14-33-20(13-27-19)17-5-4-6-18(26)21(17)28-24(32)31-11-9-25(3,10-12-31)23-29-22(34-30-23)16-7-8-16/h4-6,15-16,19-20,27H,7-14H2,1-3H3,(H,28,32)/t19-,20-/m0/s1. The highest BCUT2D eigenvalue weighted by molar-refractivity contribution is 6.33. The largest absolute Gasteiger partial charge is 0.370 e. The van der Waals surface area contributed by atoms with Crippen molar-refractivity contribution in [1.29, 1.82) is 0 Å². The molecule has 2 saturated heterocycles. The Morgan fingerprint density at radius 3 is 2.71 bits per heavy atom. The summed E-state index contributed by atoms with van der Waals surface area (Å²) in [6.45, 7) is 9.07. The Bertz CT molecular complexity index is 1020. The van der Waals surface area contributed by atoms with Gasteiger partial charge in [-0.15, -0.1) is 0 Å².